The molecule has 0 aromatic heterocycles. The summed E-state index contributed by atoms with van der Waals surface area (Å²) in [6.07, 6.45) is 3.67. The van der Waals surface area contributed by atoms with Gasteiger partial charge in [-0.3, -0.25) is 4.79 Å². The summed E-state index contributed by atoms with van der Waals surface area (Å²) in [7, 11) is 0. The highest BCUT2D eigenvalue weighted by molar-refractivity contribution is 6.30. The normalized spacial score (nSPS) is 21.0. The van der Waals surface area contributed by atoms with Crippen LogP contribution in [0, 0.1) is 17.8 Å². The molecule has 3 nitrogen and oxygen atoms in total. The van der Waals surface area contributed by atoms with Gasteiger partial charge in [-0.15, -0.1) is 12.4 Å². The van der Waals surface area contributed by atoms with Crippen molar-refractivity contribution in [1.29, 1.82) is 0 Å². The summed E-state index contributed by atoms with van der Waals surface area (Å²) in [4.78, 5) is 12.5. The number of benzene rings is 1. The number of hydrogen-bond donors (Lipinski definition) is 2. The van der Waals surface area contributed by atoms with Gasteiger partial charge in [0.2, 0.25) is 5.91 Å². The van der Waals surface area contributed by atoms with Crippen molar-refractivity contribution in [3.8, 4) is 0 Å². The Hall–Kier alpha value is -0.770. The van der Waals surface area contributed by atoms with Crippen LogP contribution < -0.4 is 10.6 Å². The van der Waals surface area contributed by atoms with Crippen LogP contribution in [0.4, 0.5) is 0 Å². The van der Waals surface area contributed by atoms with Gasteiger partial charge in [0.1, 0.15) is 0 Å². The Morgan fingerprint density at radius 2 is 1.86 bits per heavy atom. The van der Waals surface area contributed by atoms with Crippen molar-refractivity contribution in [2.24, 2.45) is 17.8 Å². The van der Waals surface area contributed by atoms with Gasteiger partial charge >= 0.3 is 0 Å². The fraction of sp³-hybridized carbons (Fsp3) is 0.588. The van der Waals surface area contributed by atoms with Crippen LogP contribution in [0.15, 0.2) is 24.3 Å². The number of hydrogen-bond acceptors (Lipinski definition) is 2. The Kier molecular flexibility index (Phi) is 6.13. The number of halogens is 2. The lowest BCUT2D eigenvalue weighted by atomic mass is 9.76. The number of carbonyl (C=O) groups excluding carboxylic acids is 1. The van der Waals surface area contributed by atoms with E-state index in [0.717, 1.165) is 18.1 Å². The Labute approximate surface area is 143 Å². The van der Waals surface area contributed by atoms with Gasteiger partial charge in [-0.2, -0.15) is 0 Å². The SMILES string of the molecule is CC(C(=O)NC(c1ccc(Cl)cc1)C1CCC1)C1CNC1.Cl. The molecule has 122 valence electrons. The number of carbonyl (C=O) groups is 1. The van der Waals surface area contributed by atoms with Crippen molar-refractivity contribution in [3.05, 3.63) is 34.9 Å². The third-order valence-electron chi connectivity index (χ3n) is 5.08. The van der Waals surface area contributed by atoms with E-state index in [4.69, 9.17) is 11.6 Å². The third kappa shape index (κ3) is 3.76. The first-order valence-corrected chi connectivity index (χ1v) is 8.29. The molecule has 2 unspecified atom stereocenters. The average molecular weight is 343 g/mol. The second-order valence-electron chi connectivity index (χ2n) is 6.44. The predicted octanol–water partition coefficient (Wildman–Crippen LogP) is 3.57. The van der Waals surface area contributed by atoms with E-state index in [9.17, 15) is 4.79 Å². The molecule has 5 heteroatoms. The second-order valence-corrected chi connectivity index (χ2v) is 6.87. The van der Waals surface area contributed by atoms with Gasteiger partial charge in [0.15, 0.2) is 0 Å². The first-order chi connectivity index (χ1) is 10.1. The summed E-state index contributed by atoms with van der Waals surface area (Å²) in [5, 5.41) is 7.27. The quantitative estimate of drug-likeness (QED) is 0.858. The van der Waals surface area contributed by atoms with Gasteiger partial charge in [0.05, 0.1) is 6.04 Å². The molecular formula is C17H24Cl2N2O. The molecule has 2 fully saturated rings. The molecule has 2 atom stereocenters. The van der Waals surface area contributed by atoms with Gasteiger partial charge in [0, 0.05) is 10.9 Å². The highest BCUT2D eigenvalue weighted by Crippen LogP contribution is 2.38. The van der Waals surface area contributed by atoms with Crippen molar-refractivity contribution in [2.75, 3.05) is 13.1 Å². The van der Waals surface area contributed by atoms with E-state index in [1.165, 1.54) is 24.8 Å². The standard InChI is InChI=1S/C17H23ClN2O.ClH/c1-11(14-9-19-10-14)17(21)20-16(12-3-2-4-12)13-5-7-15(18)8-6-13;/h5-8,11-12,14,16,19H,2-4,9-10H2,1H3,(H,20,21);1H. The molecule has 0 spiro atoms. The molecule has 1 amide bonds. The Bertz CT molecular complexity index is 498. The van der Waals surface area contributed by atoms with Crippen LogP contribution in [0.3, 0.4) is 0 Å². The van der Waals surface area contributed by atoms with E-state index in [0.29, 0.717) is 11.8 Å². The van der Waals surface area contributed by atoms with Crippen LogP contribution in [-0.4, -0.2) is 19.0 Å². The molecule has 0 radical (unpaired) electrons. The lowest BCUT2D eigenvalue weighted by molar-refractivity contribution is -0.128. The van der Waals surface area contributed by atoms with Crippen LogP contribution >= 0.6 is 24.0 Å². The maximum absolute atomic E-state index is 12.5. The molecule has 1 heterocycles. The fourth-order valence-electron chi connectivity index (χ4n) is 3.08. The highest BCUT2D eigenvalue weighted by atomic mass is 35.5. The predicted molar refractivity (Wildman–Crippen MR) is 92.4 cm³/mol. The minimum Gasteiger partial charge on any atom is -0.349 e. The first kappa shape index (κ1) is 17.6. The lowest BCUT2D eigenvalue weighted by Crippen LogP contribution is -2.50. The monoisotopic (exact) mass is 342 g/mol. The first-order valence-electron chi connectivity index (χ1n) is 7.91. The van der Waals surface area contributed by atoms with Crippen LogP contribution in [0.1, 0.15) is 37.8 Å². The smallest absolute Gasteiger partial charge is 0.223 e. The molecule has 1 saturated heterocycles. The van der Waals surface area contributed by atoms with E-state index in [1.807, 2.05) is 31.2 Å². The Balaban J connectivity index is 0.00000176. The zero-order chi connectivity index (χ0) is 14.8. The van der Waals surface area contributed by atoms with Crippen molar-refractivity contribution in [2.45, 2.75) is 32.2 Å². The van der Waals surface area contributed by atoms with Crippen LogP contribution in [0.25, 0.3) is 0 Å². The van der Waals surface area contributed by atoms with E-state index in [1.54, 1.807) is 0 Å². The van der Waals surface area contributed by atoms with Crippen molar-refractivity contribution in [1.82, 2.24) is 10.6 Å². The lowest BCUT2D eigenvalue weighted by Gasteiger charge is -2.37. The fourth-order valence-corrected chi connectivity index (χ4v) is 3.21. The summed E-state index contributed by atoms with van der Waals surface area (Å²) < 4.78 is 0. The van der Waals surface area contributed by atoms with Gasteiger partial charge < -0.3 is 10.6 Å². The van der Waals surface area contributed by atoms with Gasteiger partial charge in [-0.25, -0.2) is 0 Å². The van der Waals surface area contributed by atoms with Crippen molar-refractivity contribution >= 4 is 29.9 Å². The number of nitrogens with one attached hydrogen (secondary N) is 2. The molecule has 1 aliphatic carbocycles. The third-order valence-corrected chi connectivity index (χ3v) is 5.33. The summed E-state index contributed by atoms with van der Waals surface area (Å²) in [6.45, 7) is 3.97. The summed E-state index contributed by atoms with van der Waals surface area (Å²) in [5.74, 6) is 1.33. The van der Waals surface area contributed by atoms with E-state index in [2.05, 4.69) is 10.6 Å². The van der Waals surface area contributed by atoms with Crippen LogP contribution in [0.2, 0.25) is 5.02 Å². The maximum Gasteiger partial charge on any atom is 0.223 e. The van der Waals surface area contributed by atoms with Gasteiger partial charge in [0.25, 0.3) is 0 Å². The zero-order valence-corrected chi connectivity index (χ0v) is 14.4. The molecule has 1 saturated carbocycles. The van der Waals surface area contributed by atoms with Gasteiger partial charge in [-0.1, -0.05) is 37.1 Å². The second kappa shape index (κ2) is 7.67. The molecule has 0 bridgehead atoms. The minimum absolute atomic E-state index is 0. The Morgan fingerprint density at radius 3 is 2.32 bits per heavy atom. The molecule has 2 aliphatic rings. The zero-order valence-electron chi connectivity index (χ0n) is 12.8. The molecule has 1 aliphatic heterocycles. The van der Waals surface area contributed by atoms with E-state index >= 15 is 0 Å². The van der Waals surface area contributed by atoms with Gasteiger partial charge in [-0.05, 0) is 55.5 Å². The average Bonchev–Trinajstić information content (AvgIpc) is 2.34. The molecule has 1 aromatic carbocycles. The molecule has 2 N–H and O–H groups in total. The Morgan fingerprint density at radius 1 is 1.23 bits per heavy atom. The highest BCUT2D eigenvalue weighted by Gasteiger charge is 2.34. The van der Waals surface area contributed by atoms with E-state index in [-0.39, 0.29) is 30.3 Å². The molecular weight excluding hydrogens is 319 g/mol. The van der Waals surface area contributed by atoms with Crippen molar-refractivity contribution in [3.63, 3.8) is 0 Å². The minimum atomic E-state index is 0. The van der Waals surface area contributed by atoms with Crippen molar-refractivity contribution < 1.29 is 4.79 Å². The summed E-state index contributed by atoms with van der Waals surface area (Å²) >= 11 is 5.97. The van der Waals surface area contributed by atoms with E-state index < -0.39 is 0 Å². The number of rotatable bonds is 5. The summed E-state index contributed by atoms with van der Waals surface area (Å²) in [5.41, 5.74) is 1.18. The molecule has 3 rings (SSSR count). The van der Waals surface area contributed by atoms with Crippen LogP contribution in [-0.2, 0) is 4.79 Å². The molecule has 22 heavy (non-hydrogen) atoms. The largest absolute Gasteiger partial charge is 0.349 e. The number of amides is 1. The summed E-state index contributed by atoms with van der Waals surface area (Å²) in [6, 6.07) is 8.05. The topological polar surface area (TPSA) is 41.1 Å². The maximum atomic E-state index is 12.5. The molecule has 1 aromatic rings. The van der Waals surface area contributed by atoms with Crippen LogP contribution in [0.5, 0.6) is 0 Å².